The monoisotopic (exact) mass is 246 g/mol. The van der Waals surface area contributed by atoms with Gasteiger partial charge in [0.25, 0.3) is 0 Å². The molecule has 1 aromatic rings. The van der Waals surface area contributed by atoms with Crippen molar-refractivity contribution in [3.05, 3.63) is 35.9 Å². The van der Waals surface area contributed by atoms with Crippen molar-refractivity contribution < 1.29 is 14.8 Å². The van der Waals surface area contributed by atoms with Crippen LogP contribution in [-0.4, -0.2) is 39.2 Å². The third kappa shape index (κ3) is 3.11. The number of nitrogens with zero attached hydrogens (tertiary/aromatic N) is 1. The first kappa shape index (κ1) is 12.6. The number of hydrogen-bond donors (Lipinski definition) is 1. The number of benzene rings is 1. The second-order valence-electron chi connectivity index (χ2n) is 4.66. The Morgan fingerprint density at radius 1 is 1.33 bits per heavy atom. The van der Waals surface area contributed by atoms with Crippen LogP contribution in [0.3, 0.4) is 0 Å². The van der Waals surface area contributed by atoms with Crippen molar-refractivity contribution in [1.82, 2.24) is 0 Å². The molecule has 0 saturated carbocycles. The smallest absolute Gasteiger partial charge is 0.0947 e. The first-order valence-corrected chi connectivity index (χ1v) is 6.21. The summed E-state index contributed by atoms with van der Waals surface area (Å²) in [4.78, 5) is 14.3. The van der Waals surface area contributed by atoms with Crippen LogP contribution in [0.4, 0.5) is 5.69 Å². The largest absolute Gasteiger partial charge is 0.545 e. The zero-order chi connectivity index (χ0) is 13.0. The highest BCUT2D eigenvalue weighted by Crippen LogP contribution is 2.21. The summed E-state index contributed by atoms with van der Waals surface area (Å²) in [6.45, 7) is 4.22. The summed E-state index contributed by atoms with van der Waals surface area (Å²) < 4.78 is 0. The van der Waals surface area contributed by atoms with Crippen LogP contribution in [0.25, 0.3) is 6.08 Å². The summed E-state index contributed by atoms with van der Waals surface area (Å²) >= 11 is 0. The third-order valence-electron chi connectivity index (χ3n) is 3.29. The maximum Gasteiger partial charge on any atom is 0.0947 e. The van der Waals surface area contributed by atoms with Gasteiger partial charge in [0.2, 0.25) is 0 Å². The number of aliphatic carboxylic acids is 1. The number of anilines is 1. The molecule has 0 unspecified atom stereocenters. The van der Waals surface area contributed by atoms with Gasteiger partial charge in [0.1, 0.15) is 0 Å². The maximum atomic E-state index is 10.5. The molecule has 1 aliphatic heterocycles. The summed E-state index contributed by atoms with van der Waals surface area (Å²) in [5.74, 6) is -1.16. The number of quaternary nitrogens is 1. The van der Waals surface area contributed by atoms with Crippen molar-refractivity contribution in [2.45, 2.75) is 0 Å². The second-order valence-corrected chi connectivity index (χ2v) is 4.66. The van der Waals surface area contributed by atoms with Crippen molar-refractivity contribution in [3.63, 3.8) is 0 Å². The topological polar surface area (TPSA) is 47.8 Å². The Morgan fingerprint density at radius 3 is 2.67 bits per heavy atom. The summed E-state index contributed by atoms with van der Waals surface area (Å²) in [6, 6.07) is 7.87. The number of carboxylic acids is 1. The average Bonchev–Trinajstić information content (AvgIpc) is 2.38. The first-order chi connectivity index (χ1) is 8.66. The highest BCUT2D eigenvalue weighted by atomic mass is 16.4. The van der Waals surface area contributed by atoms with E-state index >= 15 is 0 Å². The minimum Gasteiger partial charge on any atom is -0.545 e. The van der Waals surface area contributed by atoms with Crippen LogP contribution in [-0.2, 0) is 4.79 Å². The normalized spacial score (nSPS) is 17.3. The molecule has 4 nitrogen and oxygen atoms in total. The SMILES string of the molecule is C[NH+]1CCN(c2ccccc2/C=C/C(=O)[O-])CC1. The van der Waals surface area contributed by atoms with Crippen molar-refractivity contribution in [2.24, 2.45) is 0 Å². The Bertz CT molecular complexity index is 449. The van der Waals surface area contributed by atoms with Crippen LogP contribution in [0.2, 0.25) is 0 Å². The first-order valence-electron chi connectivity index (χ1n) is 6.21. The van der Waals surface area contributed by atoms with E-state index in [1.54, 1.807) is 6.08 Å². The molecule has 0 aliphatic carbocycles. The number of carbonyl (C=O) groups excluding carboxylic acids is 1. The Morgan fingerprint density at radius 2 is 2.00 bits per heavy atom. The summed E-state index contributed by atoms with van der Waals surface area (Å²) in [7, 11) is 2.19. The van der Waals surface area contributed by atoms with Gasteiger partial charge >= 0.3 is 0 Å². The Kier molecular flexibility index (Phi) is 3.99. The molecule has 1 saturated heterocycles. The molecule has 18 heavy (non-hydrogen) atoms. The minimum absolute atomic E-state index is 0.932. The molecule has 1 aromatic carbocycles. The van der Waals surface area contributed by atoms with Crippen molar-refractivity contribution >= 4 is 17.7 Å². The molecule has 1 N–H and O–H groups in total. The lowest BCUT2D eigenvalue weighted by Gasteiger charge is -2.32. The van der Waals surface area contributed by atoms with Crippen molar-refractivity contribution in [2.75, 3.05) is 38.1 Å². The fourth-order valence-corrected chi connectivity index (χ4v) is 2.20. The molecular formula is C14H18N2O2. The van der Waals surface area contributed by atoms with E-state index in [1.165, 1.54) is 4.90 Å². The lowest BCUT2D eigenvalue weighted by Crippen LogP contribution is -3.12. The fraction of sp³-hybridized carbons (Fsp3) is 0.357. The van der Waals surface area contributed by atoms with Crippen molar-refractivity contribution in [1.29, 1.82) is 0 Å². The molecule has 0 atom stereocenters. The van der Waals surface area contributed by atoms with Gasteiger partial charge in [0.05, 0.1) is 39.2 Å². The lowest BCUT2D eigenvalue weighted by molar-refractivity contribution is -0.880. The molecule has 0 amide bonds. The van der Waals surface area contributed by atoms with Gasteiger partial charge in [0, 0.05) is 5.69 Å². The quantitative estimate of drug-likeness (QED) is 0.681. The van der Waals surface area contributed by atoms with Crippen LogP contribution >= 0.6 is 0 Å². The third-order valence-corrected chi connectivity index (χ3v) is 3.29. The van der Waals surface area contributed by atoms with Gasteiger partial charge in [-0.15, -0.1) is 0 Å². The van der Waals surface area contributed by atoms with Gasteiger partial charge in [-0.3, -0.25) is 0 Å². The number of hydrogen-bond acceptors (Lipinski definition) is 3. The van der Waals surface area contributed by atoms with E-state index in [1.807, 2.05) is 24.3 Å². The molecule has 0 aromatic heterocycles. The Labute approximate surface area is 107 Å². The summed E-state index contributed by atoms with van der Waals surface area (Å²) in [5, 5.41) is 10.5. The predicted octanol–water partition coefficient (Wildman–Crippen LogP) is -1.22. The van der Waals surface area contributed by atoms with Crippen LogP contribution in [0.5, 0.6) is 0 Å². The van der Waals surface area contributed by atoms with E-state index in [0.717, 1.165) is 43.5 Å². The van der Waals surface area contributed by atoms with E-state index in [9.17, 15) is 9.90 Å². The zero-order valence-corrected chi connectivity index (χ0v) is 10.6. The Hall–Kier alpha value is -1.81. The van der Waals surface area contributed by atoms with E-state index in [-0.39, 0.29) is 0 Å². The molecule has 1 fully saturated rings. The van der Waals surface area contributed by atoms with Gasteiger partial charge in [-0.05, 0) is 17.7 Å². The molecule has 0 spiro atoms. The van der Waals surface area contributed by atoms with Crippen LogP contribution in [0.1, 0.15) is 5.56 Å². The molecule has 1 aliphatic rings. The highest BCUT2D eigenvalue weighted by Gasteiger charge is 2.18. The molecule has 2 rings (SSSR count). The highest BCUT2D eigenvalue weighted by molar-refractivity contribution is 5.85. The number of nitrogens with one attached hydrogen (secondary N) is 1. The van der Waals surface area contributed by atoms with E-state index in [0.29, 0.717) is 0 Å². The number of carbonyl (C=O) groups is 1. The summed E-state index contributed by atoms with van der Waals surface area (Å²) in [5.41, 5.74) is 2.03. The number of piperazine rings is 1. The summed E-state index contributed by atoms with van der Waals surface area (Å²) in [6.07, 6.45) is 2.69. The van der Waals surface area contributed by atoms with Gasteiger partial charge in [-0.25, -0.2) is 0 Å². The standard InChI is InChI=1S/C14H18N2O2/c1-15-8-10-16(11-9-15)13-5-3-2-4-12(13)6-7-14(17)18/h2-7H,8-11H2,1H3,(H,17,18)/b7-6+. The fourth-order valence-electron chi connectivity index (χ4n) is 2.20. The predicted molar refractivity (Wildman–Crippen MR) is 69.3 cm³/mol. The molecule has 0 bridgehead atoms. The van der Waals surface area contributed by atoms with Gasteiger partial charge in [0.15, 0.2) is 0 Å². The van der Waals surface area contributed by atoms with Crippen LogP contribution in [0.15, 0.2) is 30.3 Å². The van der Waals surface area contributed by atoms with E-state index in [2.05, 4.69) is 11.9 Å². The molecular weight excluding hydrogens is 228 g/mol. The van der Waals surface area contributed by atoms with Crippen molar-refractivity contribution in [3.8, 4) is 0 Å². The van der Waals surface area contributed by atoms with Gasteiger partial charge in [-0.1, -0.05) is 24.3 Å². The minimum atomic E-state index is -1.16. The number of likely N-dealkylation sites (N-methyl/N-ethyl adjacent to an activating group) is 1. The molecule has 0 radical (unpaired) electrons. The van der Waals surface area contributed by atoms with Gasteiger partial charge < -0.3 is 19.7 Å². The molecule has 4 heteroatoms. The van der Waals surface area contributed by atoms with Crippen LogP contribution in [0, 0.1) is 0 Å². The maximum absolute atomic E-state index is 10.5. The Balaban J connectivity index is 2.19. The number of carboxylic acid groups (broad SMARTS) is 1. The number of rotatable bonds is 3. The molecule has 1 heterocycles. The molecule has 96 valence electrons. The van der Waals surface area contributed by atoms with Gasteiger partial charge in [-0.2, -0.15) is 0 Å². The zero-order valence-electron chi connectivity index (χ0n) is 10.6. The average molecular weight is 246 g/mol. The van der Waals surface area contributed by atoms with Crippen LogP contribution < -0.4 is 14.9 Å². The lowest BCUT2D eigenvalue weighted by atomic mass is 10.1. The van der Waals surface area contributed by atoms with E-state index < -0.39 is 5.97 Å². The number of para-hydroxylation sites is 1. The van der Waals surface area contributed by atoms with E-state index in [4.69, 9.17) is 0 Å². The second kappa shape index (κ2) is 5.69.